The first-order chi connectivity index (χ1) is 8.69. The highest BCUT2D eigenvalue weighted by molar-refractivity contribution is 9.10. The average Bonchev–Trinajstić information content (AvgIpc) is 2.40. The molecule has 3 nitrogen and oxygen atoms in total. The molecule has 1 fully saturated rings. The van der Waals surface area contributed by atoms with Gasteiger partial charge in [0, 0.05) is 17.6 Å². The molecule has 0 radical (unpaired) electrons. The lowest BCUT2D eigenvalue weighted by molar-refractivity contribution is 0.0763. The Morgan fingerprint density at radius 2 is 1.83 bits per heavy atom. The average molecular weight is 314 g/mol. The van der Waals surface area contributed by atoms with Gasteiger partial charge < -0.3 is 15.1 Å². The summed E-state index contributed by atoms with van der Waals surface area (Å²) in [4.78, 5) is 2.28. The molecule has 100 valence electrons. The van der Waals surface area contributed by atoms with Gasteiger partial charge in [0.25, 0.3) is 0 Å². The number of hydrogen-bond acceptors (Lipinski definition) is 3. The number of halogens is 1. The van der Waals surface area contributed by atoms with E-state index in [9.17, 15) is 5.11 Å². The lowest BCUT2D eigenvalue weighted by Crippen LogP contribution is -2.37. The highest BCUT2D eigenvalue weighted by Crippen LogP contribution is 2.21. The molecule has 1 atom stereocenters. The minimum absolute atomic E-state index is 0.295. The predicted molar refractivity (Wildman–Crippen MR) is 75.4 cm³/mol. The third-order valence-corrected chi connectivity index (χ3v) is 4.18. The number of β-amino-alcohol motifs (C(OH)–C–C–N with tert-alkyl or cyclic N) is 1. The van der Waals surface area contributed by atoms with Crippen LogP contribution in [0.15, 0.2) is 28.7 Å². The van der Waals surface area contributed by atoms with Crippen LogP contribution in [0.25, 0.3) is 0 Å². The Morgan fingerprint density at radius 1 is 1.22 bits per heavy atom. The highest BCUT2D eigenvalue weighted by atomic mass is 79.9. The van der Waals surface area contributed by atoms with Gasteiger partial charge in [0.05, 0.1) is 6.10 Å². The number of likely N-dealkylation sites (tertiary alicyclic amines) is 1. The molecule has 0 saturated carbocycles. The number of aliphatic hydroxyl groups excluding tert-OH is 2. The largest absolute Gasteiger partial charge is 0.396 e. The third-order valence-electron chi connectivity index (χ3n) is 3.65. The van der Waals surface area contributed by atoms with Gasteiger partial charge in [-0.15, -0.1) is 0 Å². The van der Waals surface area contributed by atoms with Crippen LogP contribution in [0, 0.1) is 5.92 Å². The second-order valence-corrected chi connectivity index (χ2v) is 5.91. The molecule has 0 aliphatic carbocycles. The van der Waals surface area contributed by atoms with E-state index in [1.54, 1.807) is 0 Å². The van der Waals surface area contributed by atoms with Crippen molar-refractivity contribution >= 4 is 15.9 Å². The Morgan fingerprint density at radius 3 is 2.39 bits per heavy atom. The molecule has 1 aliphatic rings. The maximum absolute atomic E-state index is 10.2. The lowest BCUT2D eigenvalue weighted by atomic mass is 9.97. The SMILES string of the molecule is OCC1CCN(CC(O)c2ccc(Br)cc2)CC1. The van der Waals surface area contributed by atoms with Gasteiger partial charge in [-0.05, 0) is 49.5 Å². The third kappa shape index (κ3) is 3.79. The van der Waals surface area contributed by atoms with Crippen molar-refractivity contribution in [3.63, 3.8) is 0 Å². The fraction of sp³-hybridized carbons (Fsp3) is 0.571. The fourth-order valence-corrected chi connectivity index (χ4v) is 2.65. The van der Waals surface area contributed by atoms with Crippen LogP contribution < -0.4 is 0 Å². The zero-order valence-electron chi connectivity index (χ0n) is 10.4. The molecular formula is C14H20BrNO2. The van der Waals surface area contributed by atoms with Crippen LogP contribution in [-0.2, 0) is 0 Å². The molecule has 1 aromatic carbocycles. The van der Waals surface area contributed by atoms with Gasteiger partial charge in [-0.25, -0.2) is 0 Å². The number of aliphatic hydroxyl groups is 2. The van der Waals surface area contributed by atoms with Gasteiger partial charge >= 0.3 is 0 Å². The Hall–Kier alpha value is -0.420. The molecule has 1 saturated heterocycles. The van der Waals surface area contributed by atoms with E-state index >= 15 is 0 Å². The van der Waals surface area contributed by atoms with Crippen LogP contribution in [-0.4, -0.2) is 41.4 Å². The molecule has 0 spiro atoms. The van der Waals surface area contributed by atoms with Gasteiger partial charge in [0.15, 0.2) is 0 Å². The fourth-order valence-electron chi connectivity index (χ4n) is 2.39. The van der Waals surface area contributed by atoms with E-state index in [1.165, 1.54) is 0 Å². The zero-order chi connectivity index (χ0) is 13.0. The second-order valence-electron chi connectivity index (χ2n) is 4.99. The number of benzene rings is 1. The van der Waals surface area contributed by atoms with E-state index in [0.29, 0.717) is 19.1 Å². The summed E-state index contributed by atoms with van der Waals surface area (Å²) in [6.07, 6.45) is 1.64. The summed E-state index contributed by atoms with van der Waals surface area (Å²) >= 11 is 3.39. The van der Waals surface area contributed by atoms with E-state index in [2.05, 4.69) is 20.8 Å². The van der Waals surface area contributed by atoms with Crippen LogP contribution in [0.4, 0.5) is 0 Å². The Labute approximate surface area is 117 Å². The zero-order valence-corrected chi connectivity index (χ0v) is 12.0. The molecule has 1 aliphatic heterocycles. The maximum atomic E-state index is 10.2. The molecule has 2 N–H and O–H groups in total. The summed E-state index contributed by atoms with van der Waals surface area (Å²) in [6, 6.07) is 7.82. The number of rotatable bonds is 4. The van der Waals surface area contributed by atoms with E-state index < -0.39 is 6.10 Å². The quantitative estimate of drug-likeness (QED) is 0.895. The minimum atomic E-state index is -0.427. The molecule has 0 aromatic heterocycles. The summed E-state index contributed by atoms with van der Waals surface area (Å²) in [5.41, 5.74) is 0.961. The van der Waals surface area contributed by atoms with Crippen LogP contribution in [0.5, 0.6) is 0 Å². The van der Waals surface area contributed by atoms with E-state index in [4.69, 9.17) is 5.11 Å². The smallest absolute Gasteiger partial charge is 0.0916 e. The van der Waals surface area contributed by atoms with Gasteiger partial charge in [-0.2, -0.15) is 0 Å². The summed E-state index contributed by atoms with van der Waals surface area (Å²) in [6.45, 7) is 2.92. The van der Waals surface area contributed by atoms with Gasteiger partial charge in [-0.3, -0.25) is 0 Å². The lowest BCUT2D eigenvalue weighted by Gasteiger charge is -2.32. The summed E-state index contributed by atoms with van der Waals surface area (Å²) in [5.74, 6) is 0.450. The van der Waals surface area contributed by atoms with E-state index in [0.717, 1.165) is 36.0 Å². The van der Waals surface area contributed by atoms with Crippen molar-refractivity contribution in [2.75, 3.05) is 26.2 Å². The molecule has 0 bridgehead atoms. The van der Waals surface area contributed by atoms with Crippen molar-refractivity contribution in [3.05, 3.63) is 34.3 Å². The molecular weight excluding hydrogens is 294 g/mol. The Kier molecular flexibility index (Phi) is 5.18. The molecule has 1 heterocycles. The summed E-state index contributed by atoms with van der Waals surface area (Å²) < 4.78 is 1.03. The highest BCUT2D eigenvalue weighted by Gasteiger charge is 2.20. The molecule has 2 rings (SSSR count). The molecule has 0 amide bonds. The monoisotopic (exact) mass is 313 g/mol. The van der Waals surface area contributed by atoms with Crippen LogP contribution in [0.2, 0.25) is 0 Å². The molecule has 1 unspecified atom stereocenters. The summed E-state index contributed by atoms with van der Waals surface area (Å²) in [5, 5.41) is 19.3. The Balaban J connectivity index is 1.84. The van der Waals surface area contributed by atoms with E-state index in [1.807, 2.05) is 24.3 Å². The van der Waals surface area contributed by atoms with Gasteiger partial charge in [-0.1, -0.05) is 28.1 Å². The first-order valence-corrected chi connectivity index (χ1v) is 7.25. The standard InChI is InChI=1S/C14H20BrNO2/c15-13-3-1-12(2-4-13)14(18)9-16-7-5-11(10-17)6-8-16/h1-4,11,14,17-18H,5-10H2. The number of piperidine rings is 1. The first kappa shape index (κ1) is 14.0. The normalized spacial score (nSPS) is 19.9. The topological polar surface area (TPSA) is 43.7 Å². The number of nitrogens with zero attached hydrogens (tertiary/aromatic N) is 1. The van der Waals surface area contributed by atoms with Crippen molar-refractivity contribution in [3.8, 4) is 0 Å². The summed E-state index contributed by atoms with van der Waals surface area (Å²) in [7, 11) is 0. The second kappa shape index (κ2) is 6.66. The van der Waals surface area contributed by atoms with Crippen LogP contribution in [0.3, 0.4) is 0 Å². The molecule has 4 heteroatoms. The predicted octanol–water partition coefficient (Wildman–Crippen LogP) is 2.19. The molecule has 18 heavy (non-hydrogen) atoms. The number of hydrogen-bond donors (Lipinski definition) is 2. The van der Waals surface area contributed by atoms with Gasteiger partial charge in [0.2, 0.25) is 0 Å². The van der Waals surface area contributed by atoms with Gasteiger partial charge in [0.1, 0.15) is 0 Å². The Bertz CT molecular complexity index is 361. The maximum Gasteiger partial charge on any atom is 0.0916 e. The van der Waals surface area contributed by atoms with Crippen molar-refractivity contribution in [1.82, 2.24) is 4.90 Å². The van der Waals surface area contributed by atoms with Crippen LogP contribution in [0.1, 0.15) is 24.5 Å². The van der Waals surface area contributed by atoms with Crippen molar-refractivity contribution in [2.45, 2.75) is 18.9 Å². The van der Waals surface area contributed by atoms with Crippen molar-refractivity contribution < 1.29 is 10.2 Å². The van der Waals surface area contributed by atoms with Crippen molar-refractivity contribution in [1.29, 1.82) is 0 Å². The minimum Gasteiger partial charge on any atom is -0.396 e. The van der Waals surface area contributed by atoms with Crippen molar-refractivity contribution in [2.24, 2.45) is 5.92 Å². The first-order valence-electron chi connectivity index (χ1n) is 6.46. The molecule has 1 aromatic rings. The van der Waals surface area contributed by atoms with Crippen LogP contribution >= 0.6 is 15.9 Å². The van der Waals surface area contributed by atoms with E-state index in [-0.39, 0.29) is 0 Å².